The Morgan fingerprint density at radius 1 is 1.05 bits per heavy atom. The number of ether oxygens (including phenoxy) is 4. The highest BCUT2D eigenvalue weighted by molar-refractivity contribution is 5.95. The van der Waals surface area contributed by atoms with Crippen molar-refractivity contribution < 1.29 is 18.9 Å². The normalized spacial score (nSPS) is 10.3. The van der Waals surface area contributed by atoms with E-state index in [9.17, 15) is 0 Å². The standard InChI is InChI=1S/C14H22N2O4/c1-17-6-7-19-4-3-5-20-13-9-11(14(15)16)8-12(10-13)18-2/h8-10H,3-7H2,1-2H3,(H3,15,16). The molecule has 0 bridgehead atoms. The van der Waals surface area contributed by atoms with Gasteiger partial charge in [0.15, 0.2) is 0 Å². The van der Waals surface area contributed by atoms with E-state index in [1.807, 2.05) is 0 Å². The summed E-state index contributed by atoms with van der Waals surface area (Å²) in [5.74, 6) is 1.23. The third-order valence-electron chi connectivity index (χ3n) is 2.56. The van der Waals surface area contributed by atoms with Crippen LogP contribution in [0.3, 0.4) is 0 Å². The van der Waals surface area contributed by atoms with Gasteiger partial charge in [0.2, 0.25) is 0 Å². The van der Waals surface area contributed by atoms with Crippen LogP contribution in [-0.2, 0) is 9.47 Å². The Morgan fingerprint density at radius 3 is 2.45 bits per heavy atom. The van der Waals surface area contributed by atoms with Crippen LogP contribution in [0.25, 0.3) is 0 Å². The molecule has 0 fully saturated rings. The smallest absolute Gasteiger partial charge is 0.123 e. The first-order chi connectivity index (χ1) is 9.67. The summed E-state index contributed by atoms with van der Waals surface area (Å²) >= 11 is 0. The van der Waals surface area contributed by atoms with Gasteiger partial charge in [0.05, 0.1) is 26.9 Å². The minimum absolute atomic E-state index is 0.0170. The second-order valence-electron chi connectivity index (χ2n) is 4.12. The molecule has 0 spiro atoms. The van der Waals surface area contributed by atoms with Crippen molar-refractivity contribution in [2.24, 2.45) is 5.73 Å². The fourth-order valence-corrected chi connectivity index (χ4v) is 1.52. The maximum atomic E-state index is 7.45. The second kappa shape index (κ2) is 9.17. The Morgan fingerprint density at radius 2 is 1.80 bits per heavy atom. The summed E-state index contributed by atoms with van der Waals surface area (Å²) in [5.41, 5.74) is 6.05. The van der Waals surface area contributed by atoms with Crippen LogP contribution in [0.1, 0.15) is 12.0 Å². The van der Waals surface area contributed by atoms with Gasteiger partial charge in [-0.2, -0.15) is 0 Å². The van der Waals surface area contributed by atoms with Crippen LogP contribution in [-0.4, -0.2) is 46.5 Å². The average molecular weight is 282 g/mol. The number of benzene rings is 1. The predicted molar refractivity (Wildman–Crippen MR) is 76.8 cm³/mol. The summed E-state index contributed by atoms with van der Waals surface area (Å²) < 4.78 is 21.0. The Bertz CT molecular complexity index is 424. The largest absolute Gasteiger partial charge is 0.497 e. The van der Waals surface area contributed by atoms with Gasteiger partial charge in [0, 0.05) is 31.8 Å². The molecular weight excluding hydrogens is 260 g/mol. The minimum atomic E-state index is -0.0170. The molecular formula is C14H22N2O4. The van der Waals surface area contributed by atoms with Crippen LogP contribution in [0, 0.1) is 5.41 Å². The molecule has 6 nitrogen and oxygen atoms in total. The number of nitrogens with two attached hydrogens (primary N) is 1. The first-order valence-electron chi connectivity index (χ1n) is 6.40. The molecule has 0 aromatic heterocycles. The first-order valence-corrected chi connectivity index (χ1v) is 6.40. The zero-order chi connectivity index (χ0) is 14.8. The summed E-state index contributed by atoms with van der Waals surface area (Å²) in [6.45, 7) is 2.33. The fraction of sp³-hybridized carbons (Fsp3) is 0.500. The van der Waals surface area contributed by atoms with Crippen molar-refractivity contribution in [3.05, 3.63) is 23.8 Å². The number of hydrogen-bond donors (Lipinski definition) is 2. The van der Waals surface area contributed by atoms with E-state index in [1.165, 1.54) is 0 Å². The molecule has 1 rings (SSSR count). The van der Waals surface area contributed by atoms with Crippen LogP contribution in [0.2, 0.25) is 0 Å². The lowest BCUT2D eigenvalue weighted by atomic mass is 10.2. The van der Waals surface area contributed by atoms with Crippen molar-refractivity contribution in [3.63, 3.8) is 0 Å². The maximum absolute atomic E-state index is 7.45. The molecule has 3 N–H and O–H groups in total. The molecule has 0 saturated heterocycles. The van der Waals surface area contributed by atoms with E-state index in [-0.39, 0.29) is 5.84 Å². The Hall–Kier alpha value is -1.79. The Balaban J connectivity index is 2.39. The van der Waals surface area contributed by atoms with Gasteiger partial charge in [-0.05, 0) is 12.1 Å². The third-order valence-corrected chi connectivity index (χ3v) is 2.56. The number of amidine groups is 1. The Labute approximate surface area is 119 Å². The van der Waals surface area contributed by atoms with E-state index in [4.69, 9.17) is 30.1 Å². The zero-order valence-electron chi connectivity index (χ0n) is 12.0. The SMILES string of the molecule is COCCOCCCOc1cc(OC)cc(C(=N)N)c1. The number of rotatable bonds is 10. The average Bonchev–Trinajstić information content (AvgIpc) is 2.46. The van der Waals surface area contributed by atoms with Crippen LogP contribution >= 0.6 is 0 Å². The van der Waals surface area contributed by atoms with E-state index in [2.05, 4.69) is 0 Å². The molecule has 20 heavy (non-hydrogen) atoms. The lowest BCUT2D eigenvalue weighted by Gasteiger charge is -2.10. The molecule has 0 radical (unpaired) electrons. The second-order valence-corrected chi connectivity index (χ2v) is 4.12. The molecule has 0 unspecified atom stereocenters. The van der Waals surface area contributed by atoms with Gasteiger partial charge in [-0.3, -0.25) is 5.41 Å². The minimum Gasteiger partial charge on any atom is -0.497 e. The molecule has 0 atom stereocenters. The van der Waals surface area contributed by atoms with Crippen molar-refractivity contribution in [2.75, 3.05) is 40.6 Å². The van der Waals surface area contributed by atoms with Crippen LogP contribution in [0.4, 0.5) is 0 Å². The maximum Gasteiger partial charge on any atom is 0.123 e. The lowest BCUT2D eigenvalue weighted by Crippen LogP contribution is -2.12. The Kier molecular flexibility index (Phi) is 7.46. The monoisotopic (exact) mass is 282 g/mol. The first kappa shape index (κ1) is 16.3. The van der Waals surface area contributed by atoms with Gasteiger partial charge in [0.25, 0.3) is 0 Å². The van der Waals surface area contributed by atoms with Crippen LogP contribution in [0.15, 0.2) is 18.2 Å². The van der Waals surface area contributed by atoms with E-state index in [0.29, 0.717) is 43.5 Å². The molecule has 0 saturated carbocycles. The van der Waals surface area contributed by atoms with Crippen molar-refractivity contribution in [2.45, 2.75) is 6.42 Å². The third kappa shape index (κ3) is 5.90. The summed E-state index contributed by atoms with van der Waals surface area (Å²) in [5, 5.41) is 7.45. The summed E-state index contributed by atoms with van der Waals surface area (Å²) in [6, 6.07) is 5.18. The van der Waals surface area contributed by atoms with Gasteiger partial charge >= 0.3 is 0 Å². The van der Waals surface area contributed by atoms with E-state index in [0.717, 1.165) is 6.42 Å². The number of nitrogen functional groups attached to an aromatic ring is 1. The highest BCUT2D eigenvalue weighted by Gasteiger charge is 2.04. The van der Waals surface area contributed by atoms with Crippen molar-refractivity contribution in [3.8, 4) is 11.5 Å². The van der Waals surface area contributed by atoms with E-state index >= 15 is 0 Å². The molecule has 0 heterocycles. The number of nitrogens with one attached hydrogen (secondary N) is 1. The molecule has 0 aliphatic heterocycles. The van der Waals surface area contributed by atoms with Crippen LogP contribution in [0.5, 0.6) is 11.5 Å². The van der Waals surface area contributed by atoms with Crippen molar-refractivity contribution in [1.82, 2.24) is 0 Å². The molecule has 0 amide bonds. The van der Waals surface area contributed by atoms with Crippen molar-refractivity contribution in [1.29, 1.82) is 5.41 Å². The van der Waals surface area contributed by atoms with Crippen molar-refractivity contribution >= 4 is 5.84 Å². The van der Waals surface area contributed by atoms with E-state index < -0.39 is 0 Å². The highest BCUT2D eigenvalue weighted by atomic mass is 16.5. The number of hydrogen-bond acceptors (Lipinski definition) is 5. The molecule has 0 aliphatic rings. The molecule has 112 valence electrons. The van der Waals surface area contributed by atoms with Gasteiger partial charge in [-0.25, -0.2) is 0 Å². The molecule has 0 aliphatic carbocycles. The van der Waals surface area contributed by atoms with Gasteiger partial charge in [-0.1, -0.05) is 0 Å². The topological polar surface area (TPSA) is 86.8 Å². The molecule has 1 aromatic rings. The highest BCUT2D eigenvalue weighted by Crippen LogP contribution is 2.22. The summed E-state index contributed by atoms with van der Waals surface area (Å²) in [4.78, 5) is 0. The van der Waals surface area contributed by atoms with E-state index in [1.54, 1.807) is 32.4 Å². The quantitative estimate of drug-likeness (QED) is 0.385. The molecule has 1 aromatic carbocycles. The zero-order valence-corrected chi connectivity index (χ0v) is 12.0. The summed E-state index contributed by atoms with van der Waals surface area (Å²) in [7, 11) is 3.20. The predicted octanol–water partition coefficient (Wildman–Crippen LogP) is 1.41. The lowest BCUT2D eigenvalue weighted by molar-refractivity contribution is 0.0644. The molecule has 6 heteroatoms. The van der Waals surface area contributed by atoms with Gasteiger partial charge < -0.3 is 24.7 Å². The summed E-state index contributed by atoms with van der Waals surface area (Å²) in [6.07, 6.45) is 0.774. The van der Waals surface area contributed by atoms with Crippen LogP contribution < -0.4 is 15.2 Å². The fourth-order valence-electron chi connectivity index (χ4n) is 1.52. The number of methoxy groups -OCH3 is 2. The van der Waals surface area contributed by atoms with Gasteiger partial charge in [-0.15, -0.1) is 0 Å². The van der Waals surface area contributed by atoms with Gasteiger partial charge in [0.1, 0.15) is 17.3 Å².